The highest BCUT2D eigenvalue weighted by Gasteiger charge is 2.14. The highest BCUT2D eigenvalue weighted by Crippen LogP contribution is 2.27. The summed E-state index contributed by atoms with van der Waals surface area (Å²) in [4.78, 5) is 0. The van der Waals surface area contributed by atoms with E-state index in [-0.39, 0.29) is 12.0 Å². The third kappa shape index (κ3) is 3.11. The van der Waals surface area contributed by atoms with E-state index in [1.54, 1.807) is 0 Å². The van der Waals surface area contributed by atoms with Crippen LogP contribution >= 0.6 is 0 Å². The van der Waals surface area contributed by atoms with Gasteiger partial charge in [-0.05, 0) is 31.1 Å². The summed E-state index contributed by atoms with van der Waals surface area (Å²) in [6.45, 7) is 8.19. The van der Waals surface area contributed by atoms with Gasteiger partial charge in [-0.25, -0.2) is 0 Å². The molecule has 2 nitrogen and oxygen atoms in total. The molecule has 0 aliphatic rings. The standard InChI is InChI=1S/C14H21NO/c1-10-5-6-12(13(15)7-10)11(2)8-14(3,4)9-16/h5-8,16H,9,15H2,1-4H3. The van der Waals surface area contributed by atoms with Gasteiger partial charge in [0.2, 0.25) is 0 Å². The Balaban J connectivity index is 3.10. The molecule has 0 saturated heterocycles. The van der Waals surface area contributed by atoms with Crippen molar-refractivity contribution in [2.75, 3.05) is 12.3 Å². The second kappa shape index (κ2) is 4.71. The number of rotatable bonds is 3. The Morgan fingerprint density at radius 3 is 2.56 bits per heavy atom. The quantitative estimate of drug-likeness (QED) is 0.768. The fraction of sp³-hybridized carbons (Fsp3) is 0.429. The Labute approximate surface area is 97.8 Å². The first-order valence-corrected chi connectivity index (χ1v) is 5.52. The van der Waals surface area contributed by atoms with Crippen LogP contribution in [-0.4, -0.2) is 11.7 Å². The van der Waals surface area contributed by atoms with E-state index in [1.807, 2.05) is 39.8 Å². The monoisotopic (exact) mass is 219 g/mol. The Bertz CT molecular complexity index is 405. The molecule has 88 valence electrons. The number of nitrogen functional groups attached to an aromatic ring is 1. The van der Waals surface area contributed by atoms with Crippen molar-refractivity contribution in [3.8, 4) is 0 Å². The van der Waals surface area contributed by atoms with Gasteiger partial charge in [-0.2, -0.15) is 0 Å². The summed E-state index contributed by atoms with van der Waals surface area (Å²) in [7, 11) is 0. The fourth-order valence-electron chi connectivity index (χ4n) is 1.75. The summed E-state index contributed by atoms with van der Waals surface area (Å²) in [5, 5.41) is 9.23. The molecule has 2 heteroatoms. The van der Waals surface area contributed by atoms with E-state index in [9.17, 15) is 5.11 Å². The van der Waals surface area contributed by atoms with Gasteiger partial charge in [0.15, 0.2) is 0 Å². The summed E-state index contributed by atoms with van der Waals surface area (Å²) in [5.41, 5.74) is 9.88. The van der Waals surface area contributed by atoms with E-state index in [0.717, 1.165) is 22.4 Å². The van der Waals surface area contributed by atoms with Crippen LogP contribution in [0.5, 0.6) is 0 Å². The molecule has 1 rings (SSSR count). The number of aryl methyl sites for hydroxylation is 1. The summed E-state index contributed by atoms with van der Waals surface area (Å²) in [6, 6.07) is 6.05. The Morgan fingerprint density at radius 1 is 1.44 bits per heavy atom. The topological polar surface area (TPSA) is 46.2 Å². The summed E-state index contributed by atoms with van der Waals surface area (Å²) in [5.74, 6) is 0. The van der Waals surface area contributed by atoms with Crippen molar-refractivity contribution in [3.05, 3.63) is 35.4 Å². The van der Waals surface area contributed by atoms with Crippen LogP contribution in [0.25, 0.3) is 5.57 Å². The zero-order valence-corrected chi connectivity index (χ0v) is 10.5. The molecule has 0 bridgehead atoms. The minimum atomic E-state index is -0.207. The molecule has 1 aromatic carbocycles. The van der Waals surface area contributed by atoms with Crippen LogP contribution < -0.4 is 5.73 Å². The summed E-state index contributed by atoms with van der Waals surface area (Å²) < 4.78 is 0. The lowest BCUT2D eigenvalue weighted by Gasteiger charge is -2.18. The third-order valence-corrected chi connectivity index (χ3v) is 2.65. The van der Waals surface area contributed by atoms with E-state index in [4.69, 9.17) is 5.73 Å². The number of hydrogen-bond acceptors (Lipinski definition) is 2. The molecular weight excluding hydrogens is 198 g/mol. The Kier molecular flexibility index (Phi) is 3.76. The van der Waals surface area contributed by atoms with Gasteiger partial charge in [-0.15, -0.1) is 0 Å². The Hall–Kier alpha value is -1.28. The maximum absolute atomic E-state index is 9.23. The first-order valence-electron chi connectivity index (χ1n) is 5.52. The number of aliphatic hydroxyl groups excluding tert-OH is 1. The number of nitrogens with two attached hydrogens (primary N) is 1. The predicted octanol–water partition coefficient (Wildman–Crippen LogP) is 3.00. The molecule has 0 heterocycles. The van der Waals surface area contributed by atoms with Crippen LogP contribution in [0, 0.1) is 12.3 Å². The maximum atomic E-state index is 9.23. The molecule has 0 aliphatic heterocycles. The van der Waals surface area contributed by atoms with Crippen LogP contribution in [0.15, 0.2) is 24.3 Å². The second-order valence-electron chi connectivity index (χ2n) is 5.06. The van der Waals surface area contributed by atoms with Gasteiger partial charge in [-0.3, -0.25) is 0 Å². The molecule has 0 saturated carbocycles. The van der Waals surface area contributed by atoms with E-state index in [1.165, 1.54) is 0 Å². The molecule has 0 atom stereocenters. The number of allylic oxidation sites excluding steroid dienone is 1. The van der Waals surface area contributed by atoms with Gasteiger partial charge in [0, 0.05) is 16.7 Å². The average molecular weight is 219 g/mol. The van der Waals surface area contributed by atoms with Crippen LogP contribution in [0.2, 0.25) is 0 Å². The van der Waals surface area contributed by atoms with Crippen LogP contribution in [0.1, 0.15) is 31.9 Å². The highest BCUT2D eigenvalue weighted by atomic mass is 16.3. The first kappa shape index (κ1) is 12.8. The second-order valence-corrected chi connectivity index (χ2v) is 5.06. The van der Waals surface area contributed by atoms with Crippen molar-refractivity contribution >= 4 is 11.3 Å². The largest absolute Gasteiger partial charge is 0.398 e. The van der Waals surface area contributed by atoms with Crippen molar-refractivity contribution in [1.29, 1.82) is 0 Å². The van der Waals surface area contributed by atoms with Crippen molar-refractivity contribution in [2.45, 2.75) is 27.7 Å². The molecule has 0 amide bonds. The number of hydrogen-bond donors (Lipinski definition) is 2. The van der Waals surface area contributed by atoms with E-state index < -0.39 is 0 Å². The first-order chi connectivity index (χ1) is 7.35. The number of aliphatic hydroxyl groups is 1. The van der Waals surface area contributed by atoms with Crippen molar-refractivity contribution in [2.24, 2.45) is 5.41 Å². The Morgan fingerprint density at radius 2 is 2.06 bits per heavy atom. The average Bonchev–Trinajstić information content (AvgIpc) is 2.16. The molecule has 0 fully saturated rings. The smallest absolute Gasteiger partial charge is 0.0516 e. The molecule has 0 aromatic heterocycles. The minimum absolute atomic E-state index is 0.135. The summed E-state index contributed by atoms with van der Waals surface area (Å²) in [6.07, 6.45) is 2.06. The van der Waals surface area contributed by atoms with Gasteiger partial charge in [-0.1, -0.05) is 32.1 Å². The van der Waals surface area contributed by atoms with Gasteiger partial charge < -0.3 is 10.8 Å². The molecule has 0 radical (unpaired) electrons. The zero-order valence-electron chi connectivity index (χ0n) is 10.5. The van der Waals surface area contributed by atoms with Crippen molar-refractivity contribution in [3.63, 3.8) is 0 Å². The highest BCUT2D eigenvalue weighted by molar-refractivity contribution is 5.74. The molecule has 0 unspecified atom stereocenters. The molecule has 1 aromatic rings. The number of anilines is 1. The van der Waals surface area contributed by atoms with Gasteiger partial charge in [0.25, 0.3) is 0 Å². The minimum Gasteiger partial charge on any atom is -0.398 e. The summed E-state index contributed by atoms with van der Waals surface area (Å²) >= 11 is 0. The van der Waals surface area contributed by atoms with Crippen molar-refractivity contribution < 1.29 is 5.11 Å². The molecule has 3 N–H and O–H groups in total. The maximum Gasteiger partial charge on any atom is 0.0516 e. The van der Waals surface area contributed by atoms with Gasteiger partial charge in [0.05, 0.1) is 6.61 Å². The predicted molar refractivity (Wildman–Crippen MR) is 70.1 cm³/mol. The van der Waals surface area contributed by atoms with Gasteiger partial charge in [0.1, 0.15) is 0 Å². The van der Waals surface area contributed by atoms with E-state index in [0.29, 0.717) is 0 Å². The SMILES string of the molecule is CC(=CC(C)(C)CO)c1ccc(C)cc1N. The molecule has 0 spiro atoms. The fourth-order valence-corrected chi connectivity index (χ4v) is 1.75. The number of benzene rings is 1. The van der Waals surface area contributed by atoms with Crippen molar-refractivity contribution in [1.82, 2.24) is 0 Å². The lowest BCUT2D eigenvalue weighted by Crippen LogP contribution is -2.13. The molecule has 0 aliphatic carbocycles. The van der Waals surface area contributed by atoms with Crippen LogP contribution in [-0.2, 0) is 0 Å². The van der Waals surface area contributed by atoms with E-state index >= 15 is 0 Å². The van der Waals surface area contributed by atoms with E-state index in [2.05, 4.69) is 12.1 Å². The lowest BCUT2D eigenvalue weighted by atomic mass is 9.89. The van der Waals surface area contributed by atoms with Gasteiger partial charge >= 0.3 is 0 Å². The lowest BCUT2D eigenvalue weighted by molar-refractivity contribution is 0.200. The third-order valence-electron chi connectivity index (χ3n) is 2.65. The van der Waals surface area contributed by atoms with Crippen LogP contribution in [0.4, 0.5) is 5.69 Å². The van der Waals surface area contributed by atoms with Crippen LogP contribution in [0.3, 0.4) is 0 Å². The molecule has 16 heavy (non-hydrogen) atoms. The zero-order chi connectivity index (χ0) is 12.3. The molecular formula is C14H21NO. The normalized spacial score (nSPS) is 12.9.